The molecule has 1 aliphatic heterocycles. The molecule has 2 aliphatic carbocycles. The third-order valence-electron chi connectivity index (χ3n) is 7.72. The fraction of sp³-hybridized carbons (Fsp3) is 0.593. The van der Waals surface area contributed by atoms with Gasteiger partial charge in [-0.15, -0.1) is 0 Å². The first kappa shape index (κ1) is 24.5. The van der Waals surface area contributed by atoms with Crippen molar-refractivity contribution >= 4 is 22.6 Å². The topological polar surface area (TPSA) is 42.4 Å². The van der Waals surface area contributed by atoms with E-state index in [1.54, 1.807) is 0 Å². The molecule has 34 heavy (non-hydrogen) atoms. The van der Waals surface area contributed by atoms with Crippen LogP contribution in [0.2, 0.25) is 0 Å². The van der Waals surface area contributed by atoms with E-state index in [0.717, 1.165) is 65.9 Å². The normalized spacial score (nSPS) is 30.1. The number of alkyl halides is 4. The minimum absolute atomic E-state index is 0.0548. The molecule has 1 aromatic heterocycles. The van der Waals surface area contributed by atoms with Crippen molar-refractivity contribution in [3.63, 3.8) is 0 Å². The number of aliphatic hydroxyl groups is 1. The fourth-order valence-corrected chi connectivity index (χ4v) is 7.46. The summed E-state index contributed by atoms with van der Waals surface area (Å²) < 4.78 is 46.8. The maximum Gasteiger partial charge on any atom is 0.416 e. The molecule has 3 unspecified atom stereocenters. The second-order valence-corrected chi connectivity index (χ2v) is 12.7. The van der Waals surface area contributed by atoms with Gasteiger partial charge in [0.1, 0.15) is 11.7 Å². The van der Waals surface area contributed by atoms with Gasteiger partial charge in [-0.1, -0.05) is 62.4 Å². The van der Waals surface area contributed by atoms with Gasteiger partial charge in [0.15, 0.2) is 0 Å². The van der Waals surface area contributed by atoms with Crippen molar-refractivity contribution in [2.24, 2.45) is 5.41 Å². The van der Waals surface area contributed by atoms with Gasteiger partial charge in [-0.05, 0) is 61.1 Å². The van der Waals surface area contributed by atoms with E-state index in [-0.39, 0.29) is 15.3 Å². The van der Waals surface area contributed by atoms with E-state index in [2.05, 4.69) is 50.3 Å². The maximum atomic E-state index is 13.2. The second kappa shape index (κ2) is 8.17. The number of ether oxygens (including phenoxy) is 1. The van der Waals surface area contributed by atoms with Gasteiger partial charge in [0, 0.05) is 32.0 Å². The van der Waals surface area contributed by atoms with Gasteiger partial charge in [-0.2, -0.15) is 13.2 Å². The maximum absolute atomic E-state index is 13.2. The Morgan fingerprint density at radius 2 is 1.82 bits per heavy atom. The first-order valence-corrected chi connectivity index (χ1v) is 13.3. The van der Waals surface area contributed by atoms with Crippen LogP contribution < -0.4 is 0 Å². The van der Waals surface area contributed by atoms with Gasteiger partial charge < -0.3 is 9.84 Å². The lowest BCUT2D eigenvalue weighted by Gasteiger charge is -2.39. The third kappa shape index (κ3) is 3.81. The summed E-state index contributed by atoms with van der Waals surface area (Å²) in [6.07, 6.45) is -1.19. The SMILES string of the molecule is CC(C)c1nc2c(c3c1[C@H](c1ccc(C(F)(F)F)cc1)OC31CCCC1I)C(O)CC(C)(C)C2. The van der Waals surface area contributed by atoms with Gasteiger partial charge in [0.25, 0.3) is 0 Å². The van der Waals surface area contributed by atoms with Crippen molar-refractivity contribution in [1.29, 1.82) is 0 Å². The Balaban J connectivity index is 1.76. The van der Waals surface area contributed by atoms with E-state index in [4.69, 9.17) is 9.72 Å². The average Bonchev–Trinajstić information content (AvgIpc) is 3.27. The van der Waals surface area contributed by atoms with Gasteiger partial charge in [-0.3, -0.25) is 4.98 Å². The fourth-order valence-electron chi connectivity index (χ4n) is 6.25. The predicted octanol–water partition coefficient (Wildman–Crippen LogP) is 7.53. The van der Waals surface area contributed by atoms with Crippen LogP contribution in [0, 0.1) is 5.41 Å². The van der Waals surface area contributed by atoms with Crippen LogP contribution in [0.25, 0.3) is 0 Å². The Hall–Kier alpha value is -1.19. The minimum atomic E-state index is -4.38. The molecule has 3 aliphatic rings. The lowest BCUT2D eigenvalue weighted by Crippen LogP contribution is -2.35. The molecule has 0 saturated heterocycles. The molecular weight excluding hydrogens is 554 g/mol. The van der Waals surface area contributed by atoms with Crippen LogP contribution in [0.1, 0.15) is 111 Å². The highest BCUT2D eigenvalue weighted by Crippen LogP contribution is 2.61. The van der Waals surface area contributed by atoms with Crippen molar-refractivity contribution < 1.29 is 23.0 Å². The Labute approximate surface area is 212 Å². The molecule has 1 aromatic carbocycles. The lowest BCUT2D eigenvalue weighted by molar-refractivity contribution is -0.137. The van der Waals surface area contributed by atoms with Gasteiger partial charge >= 0.3 is 6.18 Å². The van der Waals surface area contributed by atoms with Crippen molar-refractivity contribution in [2.45, 2.75) is 93.6 Å². The molecule has 4 atom stereocenters. The zero-order valence-corrected chi connectivity index (χ0v) is 22.1. The van der Waals surface area contributed by atoms with Crippen molar-refractivity contribution in [3.8, 4) is 0 Å². The molecule has 7 heteroatoms. The van der Waals surface area contributed by atoms with Crippen LogP contribution >= 0.6 is 22.6 Å². The van der Waals surface area contributed by atoms with Crippen LogP contribution in [0.3, 0.4) is 0 Å². The summed E-state index contributed by atoms with van der Waals surface area (Å²) in [6.45, 7) is 8.53. The van der Waals surface area contributed by atoms with E-state index in [0.29, 0.717) is 12.0 Å². The Morgan fingerprint density at radius 1 is 1.15 bits per heavy atom. The molecule has 1 N–H and O–H groups in total. The molecule has 0 bridgehead atoms. The van der Waals surface area contributed by atoms with Crippen LogP contribution in [-0.4, -0.2) is 14.0 Å². The smallest absolute Gasteiger partial charge is 0.388 e. The second-order valence-electron chi connectivity index (χ2n) is 11.2. The molecule has 0 amide bonds. The number of nitrogens with zero attached hydrogens (tertiary/aromatic N) is 1. The van der Waals surface area contributed by atoms with Gasteiger partial charge in [0.2, 0.25) is 0 Å². The van der Waals surface area contributed by atoms with Crippen molar-refractivity contribution in [2.75, 3.05) is 0 Å². The largest absolute Gasteiger partial charge is 0.416 e. The number of rotatable bonds is 2. The van der Waals surface area contributed by atoms with E-state index < -0.39 is 29.5 Å². The molecule has 3 nitrogen and oxygen atoms in total. The third-order valence-corrected chi connectivity index (χ3v) is 9.35. The molecule has 2 heterocycles. The van der Waals surface area contributed by atoms with Crippen LogP contribution in [-0.2, 0) is 22.9 Å². The standard InChI is InChI=1S/C27H31F3INO2/c1-14(2)23-21-22(20-17(32-23)12-25(3,4)13-18(20)33)26(11-5-6-19(26)31)34-24(21)15-7-9-16(10-8-15)27(28,29)30/h7-10,14,18-19,24,33H,5-6,11-13H2,1-4H3/t18?,19?,24-,26?/m0/s1. The van der Waals surface area contributed by atoms with Crippen LogP contribution in [0.15, 0.2) is 24.3 Å². The highest BCUT2D eigenvalue weighted by molar-refractivity contribution is 14.1. The first-order valence-electron chi connectivity index (χ1n) is 12.1. The summed E-state index contributed by atoms with van der Waals surface area (Å²) in [7, 11) is 0. The molecular formula is C27H31F3INO2. The molecule has 1 saturated carbocycles. The number of pyridine rings is 1. The number of benzene rings is 1. The summed E-state index contributed by atoms with van der Waals surface area (Å²) >= 11 is 2.47. The number of aliphatic hydroxyl groups excluding tert-OH is 1. The quantitative estimate of drug-likeness (QED) is 0.293. The number of aromatic nitrogens is 1. The Morgan fingerprint density at radius 3 is 2.38 bits per heavy atom. The summed E-state index contributed by atoms with van der Waals surface area (Å²) in [5.74, 6) is 0.117. The number of hydrogen-bond donors (Lipinski definition) is 1. The molecule has 1 spiro atoms. The monoisotopic (exact) mass is 585 g/mol. The Bertz CT molecular complexity index is 1110. The Kier molecular flexibility index (Phi) is 5.88. The zero-order valence-electron chi connectivity index (χ0n) is 20.0. The summed E-state index contributed by atoms with van der Waals surface area (Å²) in [6, 6.07) is 5.35. The zero-order chi connectivity index (χ0) is 24.6. The molecule has 184 valence electrons. The van der Waals surface area contributed by atoms with Crippen molar-refractivity contribution in [1.82, 2.24) is 4.98 Å². The minimum Gasteiger partial charge on any atom is -0.388 e. The lowest BCUT2D eigenvalue weighted by atomic mass is 9.70. The van der Waals surface area contributed by atoms with Crippen LogP contribution in [0.5, 0.6) is 0 Å². The van der Waals surface area contributed by atoms with E-state index in [9.17, 15) is 18.3 Å². The highest BCUT2D eigenvalue weighted by Gasteiger charge is 2.56. The number of fused-ring (bicyclic) bond motifs is 4. The summed E-state index contributed by atoms with van der Waals surface area (Å²) in [5, 5.41) is 11.4. The summed E-state index contributed by atoms with van der Waals surface area (Å²) in [4.78, 5) is 5.12. The van der Waals surface area contributed by atoms with Gasteiger partial charge in [-0.25, -0.2) is 0 Å². The van der Waals surface area contributed by atoms with Crippen molar-refractivity contribution in [3.05, 3.63) is 63.5 Å². The number of hydrogen-bond acceptors (Lipinski definition) is 3. The first-order chi connectivity index (χ1) is 15.8. The van der Waals surface area contributed by atoms with Crippen LogP contribution in [0.4, 0.5) is 13.2 Å². The molecule has 0 radical (unpaired) electrons. The highest BCUT2D eigenvalue weighted by atomic mass is 127. The van der Waals surface area contributed by atoms with E-state index in [1.165, 1.54) is 12.1 Å². The molecule has 1 fully saturated rings. The summed E-state index contributed by atoms with van der Waals surface area (Å²) in [5.41, 5.74) is 4.29. The van der Waals surface area contributed by atoms with Gasteiger partial charge in [0.05, 0.1) is 11.7 Å². The van der Waals surface area contributed by atoms with E-state index in [1.807, 2.05) is 0 Å². The average molecular weight is 585 g/mol. The van der Waals surface area contributed by atoms with E-state index >= 15 is 0 Å². The number of halogens is 4. The molecule has 2 aromatic rings. The molecule has 5 rings (SSSR count). The predicted molar refractivity (Wildman–Crippen MR) is 133 cm³/mol.